The molecule has 10 heavy (non-hydrogen) atoms. The van der Waals surface area contributed by atoms with Crippen molar-refractivity contribution >= 4 is 9.84 Å². The van der Waals surface area contributed by atoms with E-state index in [9.17, 15) is 8.42 Å². The average molecular weight is 161 g/mol. The van der Waals surface area contributed by atoms with Gasteiger partial charge in [0.05, 0.1) is 6.07 Å². The molecule has 0 radical (unpaired) electrons. The smallest absolute Gasteiger partial charge is 0.168 e. The van der Waals surface area contributed by atoms with Crippen LogP contribution >= 0.6 is 0 Å². The highest BCUT2D eigenvalue weighted by Gasteiger charge is 2.32. The second-order valence-electron chi connectivity index (χ2n) is 2.53. The quantitative estimate of drug-likeness (QED) is 0.599. The molecule has 0 atom stereocenters. The minimum absolute atomic E-state index is 0.0214. The molecule has 0 bridgehead atoms. The van der Waals surface area contributed by atoms with Crippen LogP contribution in [0.3, 0.4) is 0 Å². The molecule has 0 saturated heterocycles. The largest absolute Gasteiger partial charge is 0.227 e. The molecule has 0 aliphatic carbocycles. The monoisotopic (exact) mass is 161 g/mol. The number of hydrogen-bond acceptors (Lipinski definition) is 3. The Kier molecular flexibility index (Phi) is 2.44. The molecule has 0 unspecified atom stereocenters. The number of nitrogens with zero attached hydrogens (tertiary/aromatic N) is 1. The standard InChI is InChI=1S/C6H11NO2S/c1-4-10(8,9)6(2,3)5-7/h4H2,1-3H3. The van der Waals surface area contributed by atoms with Crippen molar-refractivity contribution in [3.8, 4) is 6.07 Å². The molecule has 4 heteroatoms. The summed E-state index contributed by atoms with van der Waals surface area (Å²) in [5.41, 5.74) is 0. The van der Waals surface area contributed by atoms with Gasteiger partial charge in [-0.15, -0.1) is 0 Å². The van der Waals surface area contributed by atoms with Gasteiger partial charge in [-0.2, -0.15) is 5.26 Å². The Bertz CT molecular complexity index is 245. The van der Waals surface area contributed by atoms with E-state index in [-0.39, 0.29) is 5.75 Å². The highest BCUT2D eigenvalue weighted by molar-refractivity contribution is 7.92. The second-order valence-corrected chi connectivity index (χ2v) is 5.35. The van der Waals surface area contributed by atoms with Crippen molar-refractivity contribution in [2.45, 2.75) is 25.5 Å². The third kappa shape index (κ3) is 1.48. The minimum Gasteiger partial charge on any atom is -0.227 e. The van der Waals surface area contributed by atoms with Crippen LogP contribution in [0.15, 0.2) is 0 Å². The van der Waals surface area contributed by atoms with E-state index in [0.717, 1.165) is 0 Å². The van der Waals surface area contributed by atoms with Crippen molar-refractivity contribution in [2.75, 3.05) is 5.75 Å². The SMILES string of the molecule is CCS(=O)(=O)C(C)(C)C#N. The molecule has 0 heterocycles. The Morgan fingerprint density at radius 2 is 1.90 bits per heavy atom. The van der Waals surface area contributed by atoms with Gasteiger partial charge in [0.2, 0.25) is 0 Å². The van der Waals surface area contributed by atoms with Gasteiger partial charge >= 0.3 is 0 Å². The first-order valence-corrected chi connectivity index (χ1v) is 4.66. The molecule has 0 amide bonds. The molecule has 0 aliphatic rings. The summed E-state index contributed by atoms with van der Waals surface area (Å²) in [6.07, 6.45) is 0. The molecule has 0 saturated carbocycles. The van der Waals surface area contributed by atoms with Crippen LogP contribution in [0.1, 0.15) is 20.8 Å². The van der Waals surface area contributed by atoms with Crippen LogP contribution < -0.4 is 0 Å². The first-order valence-electron chi connectivity index (χ1n) is 3.01. The van der Waals surface area contributed by atoms with Gasteiger partial charge in [-0.05, 0) is 13.8 Å². The molecule has 0 aromatic carbocycles. The van der Waals surface area contributed by atoms with Gasteiger partial charge in [0, 0.05) is 5.75 Å². The lowest BCUT2D eigenvalue weighted by molar-refractivity contribution is 0.575. The van der Waals surface area contributed by atoms with Crippen LogP contribution in [0.2, 0.25) is 0 Å². The van der Waals surface area contributed by atoms with Crippen LogP contribution in [-0.4, -0.2) is 18.9 Å². The Hall–Kier alpha value is -0.560. The summed E-state index contributed by atoms with van der Waals surface area (Å²) in [7, 11) is -3.21. The summed E-state index contributed by atoms with van der Waals surface area (Å²) in [5, 5.41) is 8.43. The fourth-order valence-corrected chi connectivity index (χ4v) is 1.29. The van der Waals surface area contributed by atoms with Crippen LogP contribution in [0, 0.1) is 11.3 Å². The minimum atomic E-state index is -3.21. The summed E-state index contributed by atoms with van der Waals surface area (Å²) in [6.45, 7) is 4.35. The molecule has 0 rings (SSSR count). The fraction of sp³-hybridized carbons (Fsp3) is 0.833. The maximum atomic E-state index is 11.0. The van der Waals surface area contributed by atoms with E-state index in [4.69, 9.17) is 5.26 Å². The van der Waals surface area contributed by atoms with Crippen LogP contribution in [0.4, 0.5) is 0 Å². The second kappa shape index (κ2) is 2.59. The van der Waals surface area contributed by atoms with Crippen molar-refractivity contribution in [3.05, 3.63) is 0 Å². The van der Waals surface area contributed by atoms with E-state index in [1.165, 1.54) is 20.8 Å². The predicted molar refractivity (Wildman–Crippen MR) is 39.2 cm³/mol. The van der Waals surface area contributed by atoms with Crippen LogP contribution in [0.25, 0.3) is 0 Å². The normalized spacial score (nSPS) is 12.6. The van der Waals surface area contributed by atoms with Gasteiger partial charge in [-0.1, -0.05) is 6.92 Å². The van der Waals surface area contributed by atoms with Crippen molar-refractivity contribution in [3.63, 3.8) is 0 Å². The molecule has 3 nitrogen and oxygen atoms in total. The highest BCUT2D eigenvalue weighted by Crippen LogP contribution is 2.14. The lowest BCUT2D eigenvalue weighted by atomic mass is 10.2. The van der Waals surface area contributed by atoms with Gasteiger partial charge in [0.15, 0.2) is 14.6 Å². The summed E-state index contributed by atoms with van der Waals surface area (Å²) < 4.78 is 20.8. The van der Waals surface area contributed by atoms with E-state index in [1.807, 2.05) is 0 Å². The molecular weight excluding hydrogens is 150 g/mol. The Labute approximate surface area is 61.6 Å². The first kappa shape index (κ1) is 9.44. The molecule has 58 valence electrons. The van der Waals surface area contributed by atoms with Crippen LogP contribution in [-0.2, 0) is 9.84 Å². The van der Waals surface area contributed by atoms with Crippen molar-refractivity contribution in [2.24, 2.45) is 0 Å². The lowest BCUT2D eigenvalue weighted by Gasteiger charge is -2.13. The Balaban J connectivity index is 4.88. The van der Waals surface area contributed by atoms with Gasteiger partial charge < -0.3 is 0 Å². The number of nitriles is 1. The van der Waals surface area contributed by atoms with E-state index in [1.54, 1.807) is 6.07 Å². The summed E-state index contributed by atoms with van der Waals surface area (Å²) >= 11 is 0. The molecule has 0 aliphatic heterocycles. The number of hydrogen-bond donors (Lipinski definition) is 0. The summed E-state index contributed by atoms with van der Waals surface area (Å²) in [6, 6.07) is 1.74. The first-order chi connectivity index (χ1) is 4.37. The molecule has 0 spiro atoms. The molecule has 0 aromatic heterocycles. The fourth-order valence-electron chi connectivity index (χ4n) is 0.430. The van der Waals surface area contributed by atoms with Crippen molar-refractivity contribution < 1.29 is 8.42 Å². The molecule has 0 fully saturated rings. The zero-order chi connectivity index (χ0) is 8.41. The van der Waals surface area contributed by atoms with Gasteiger partial charge in [0.1, 0.15) is 0 Å². The van der Waals surface area contributed by atoms with Crippen LogP contribution in [0.5, 0.6) is 0 Å². The maximum Gasteiger partial charge on any atom is 0.168 e. The van der Waals surface area contributed by atoms with Gasteiger partial charge in [-0.3, -0.25) is 0 Å². The summed E-state index contributed by atoms with van der Waals surface area (Å²) in [4.78, 5) is 0. The Morgan fingerprint density at radius 1 is 1.50 bits per heavy atom. The molecule has 0 N–H and O–H groups in total. The number of rotatable bonds is 2. The highest BCUT2D eigenvalue weighted by atomic mass is 32.2. The maximum absolute atomic E-state index is 11.0. The topological polar surface area (TPSA) is 57.9 Å². The third-order valence-electron chi connectivity index (χ3n) is 1.43. The third-order valence-corrected chi connectivity index (χ3v) is 3.83. The van der Waals surface area contributed by atoms with Crippen molar-refractivity contribution in [1.29, 1.82) is 5.26 Å². The Morgan fingerprint density at radius 3 is 2.00 bits per heavy atom. The van der Waals surface area contributed by atoms with E-state index in [2.05, 4.69) is 0 Å². The predicted octanol–water partition coefficient (Wildman–Crippen LogP) is 0.723. The van der Waals surface area contributed by atoms with Gasteiger partial charge in [-0.25, -0.2) is 8.42 Å². The zero-order valence-corrected chi connectivity index (χ0v) is 7.20. The van der Waals surface area contributed by atoms with Crippen molar-refractivity contribution in [1.82, 2.24) is 0 Å². The van der Waals surface area contributed by atoms with E-state index in [0.29, 0.717) is 0 Å². The average Bonchev–Trinajstić information content (AvgIpc) is 1.88. The number of sulfone groups is 1. The summed E-state index contributed by atoms with van der Waals surface area (Å²) in [5.74, 6) is 0.0214. The zero-order valence-electron chi connectivity index (χ0n) is 6.38. The van der Waals surface area contributed by atoms with E-state index >= 15 is 0 Å². The molecule has 0 aromatic rings. The molecular formula is C6H11NO2S. The van der Waals surface area contributed by atoms with Gasteiger partial charge in [0.25, 0.3) is 0 Å². The lowest BCUT2D eigenvalue weighted by Crippen LogP contribution is -2.31. The van der Waals surface area contributed by atoms with E-state index < -0.39 is 14.6 Å².